The van der Waals surface area contributed by atoms with Crippen molar-refractivity contribution in [3.05, 3.63) is 132 Å². The Morgan fingerprint density at radius 2 is 1.16 bits per heavy atom. The second-order valence-electron chi connectivity index (χ2n) is 17.6. The van der Waals surface area contributed by atoms with E-state index in [4.69, 9.17) is 27.4 Å². The molecule has 4 aromatic rings. The fraction of sp³-hybridized carbons (Fsp3) is 0.356. The van der Waals surface area contributed by atoms with Crippen molar-refractivity contribution in [3.63, 3.8) is 0 Å². The van der Waals surface area contributed by atoms with Gasteiger partial charge < -0.3 is 0 Å². The van der Waals surface area contributed by atoms with Gasteiger partial charge in [-0.15, -0.1) is 24.8 Å². The molecule has 0 aliphatic heterocycles. The van der Waals surface area contributed by atoms with Crippen LogP contribution in [0.4, 0.5) is 0 Å². The Balaban J connectivity index is 0.00000281. The number of halogens is 4. The first-order chi connectivity index (χ1) is 22.3. The number of rotatable bonds is 5. The molecule has 6 rings (SSSR count). The zero-order valence-electron chi connectivity index (χ0n) is 31.4. The zero-order chi connectivity index (χ0) is 35.1. The summed E-state index contributed by atoms with van der Waals surface area (Å²) in [6, 6.07) is 29.8. The molecule has 0 radical (unpaired) electrons. The molecule has 266 valence electrons. The Morgan fingerprint density at radius 3 is 1.62 bits per heavy atom. The van der Waals surface area contributed by atoms with Crippen LogP contribution in [0, 0.1) is 11.3 Å². The number of allylic oxidation sites excluding steroid dienone is 4. The SMILES string of the molecule is Cl.Cl.[CH2]=[Zr]([C]1=CC(C(C)(C)C)=CC1CC)([c]1ccc(Cl)cc1)([c]1ccc(Cl)cc1)[c]1cc(C(C)(C)C)cc2c1Cc1ccc(C(C)(C)C)cc1-2. The van der Waals surface area contributed by atoms with Gasteiger partial charge in [0.15, 0.2) is 0 Å². The van der Waals surface area contributed by atoms with Crippen molar-refractivity contribution in [1.29, 1.82) is 0 Å². The second kappa shape index (κ2) is 13.9. The van der Waals surface area contributed by atoms with Crippen molar-refractivity contribution in [3.8, 4) is 11.1 Å². The van der Waals surface area contributed by atoms with Crippen LogP contribution in [0.25, 0.3) is 11.1 Å². The Hall–Kier alpha value is -1.73. The molecule has 4 aromatic carbocycles. The van der Waals surface area contributed by atoms with Gasteiger partial charge in [0.05, 0.1) is 0 Å². The maximum atomic E-state index is 6.67. The van der Waals surface area contributed by atoms with Crippen LogP contribution in [0.2, 0.25) is 10.0 Å². The van der Waals surface area contributed by atoms with Gasteiger partial charge in [-0.1, -0.05) is 0 Å². The van der Waals surface area contributed by atoms with Gasteiger partial charge in [0.25, 0.3) is 0 Å². The van der Waals surface area contributed by atoms with Crippen LogP contribution in [0.1, 0.15) is 97.9 Å². The molecule has 0 saturated heterocycles. The molecule has 0 saturated carbocycles. The van der Waals surface area contributed by atoms with E-state index in [1.54, 1.807) is 0 Å². The van der Waals surface area contributed by atoms with E-state index in [0.717, 1.165) is 22.9 Å². The summed E-state index contributed by atoms with van der Waals surface area (Å²) >= 11 is 8.23. The minimum atomic E-state index is -5.11. The van der Waals surface area contributed by atoms with Gasteiger partial charge in [0.2, 0.25) is 0 Å². The molecule has 5 heteroatoms. The Bertz CT molecular complexity index is 1990. The van der Waals surface area contributed by atoms with Gasteiger partial charge >= 0.3 is 303 Å². The molecule has 1 unspecified atom stereocenters. The maximum absolute atomic E-state index is 6.67. The van der Waals surface area contributed by atoms with E-state index in [1.807, 2.05) is 0 Å². The third-order valence-corrected chi connectivity index (χ3v) is 28.2. The molecule has 0 amide bonds. The van der Waals surface area contributed by atoms with E-state index in [1.165, 1.54) is 52.0 Å². The van der Waals surface area contributed by atoms with Gasteiger partial charge in [0.1, 0.15) is 0 Å². The van der Waals surface area contributed by atoms with Crippen LogP contribution in [0.3, 0.4) is 0 Å². The average Bonchev–Trinajstić information content (AvgIpc) is 3.62. The molecule has 0 fully saturated rings. The first-order valence-electron chi connectivity index (χ1n) is 17.6. The molecule has 0 spiro atoms. The zero-order valence-corrected chi connectivity index (χ0v) is 37.0. The molecular weight excluding hydrogens is 774 g/mol. The van der Waals surface area contributed by atoms with Gasteiger partial charge in [-0.2, -0.15) is 0 Å². The number of benzene rings is 4. The monoisotopic (exact) mass is 824 g/mol. The molecular formula is C45H54Cl4Zr. The third kappa shape index (κ3) is 6.67. The first-order valence-corrected chi connectivity index (χ1v) is 25.0. The molecule has 1 atom stereocenters. The fourth-order valence-electron chi connectivity index (χ4n) is 8.27. The van der Waals surface area contributed by atoms with E-state index in [9.17, 15) is 0 Å². The topological polar surface area (TPSA) is 0 Å². The first kappa shape index (κ1) is 41.0. The predicted octanol–water partition coefficient (Wildman–Crippen LogP) is 12.3. The van der Waals surface area contributed by atoms with Crippen LogP contribution in [0.5, 0.6) is 0 Å². The summed E-state index contributed by atoms with van der Waals surface area (Å²) in [5.41, 5.74) is 9.73. The van der Waals surface area contributed by atoms with Gasteiger partial charge in [0, 0.05) is 0 Å². The number of hydrogen-bond acceptors (Lipinski definition) is 0. The van der Waals surface area contributed by atoms with Crippen LogP contribution in [0.15, 0.2) is 99.9 Å². The Labute approximate surface area is 325 Å². The van der Waals surface area contributed by atoms with E-state index < -0.39 is 18.3 Å². The predicted molar refractivity (Wildman–Crippen MR) is 225 cm³/mol. The van der Waals surface area contributed by atoms with E-state index >= 15 is 0 Å². The van der Waals surface area contributed by atoms with E-state index in [-0.39, 0.29) is 47.0 Å². The summed E-state index contributed by atoms with van der Waals surface area (Å²) in [7, 11) is 0. The van der Waals surface area contributed by atoms with Crippen molar-refractivity contribution < 1.29 is 18.3 Å². The molecule has 50 heavy (non-hydrogen) atoms. The summed E-state index contributed by atoms with van der Waals surface area (Å²) < 4.78 is 11.4. The standard InChI is InChI=1S/C21H25.C11H17.2C6H4Cl.CH2.2ClH.Zr/c1-20(2,3)16-9-7-14-11-15-8-10-17(21(4,5)6)13-19(15)18(14)12-16;1-5-9-6-7-10(8-9)11(2,3)4;2*7-6-4-2-1-3-5-6;;;;/h7,9-10,12-13H,11H2,1-6H3;7-9H,5H2,1-4H3;2*2-5H;1H2;2*1H;. The summed E-state index contributed by atoms with van der Waals surface area (Å²) in [6.07, 6.45) is 7.05. The molecule has 0 bridgehead atoms. The van der Waals surface area contributed by atoms with Gasteiger partial charge in [-0.3, -0.25) is 0 Å². The van der Waals surface area contributed by atoms with Crippen molar-refractivity contribution in [2.75, 3.05) is 0 Å². The van der Waals surface area contributed by atoms with E-state index in [0.29, 0.717) is 0 Å². The van der Waals surface area contributed by atoms with Crippen molar-refractivity contribution in [1.82, 2.24) is 0 Å². The summed E-state index contributed by atoms with van der Waals surface area (Å²) in [5.74, 6) is 0.277. The average molecular weight is 828 g/mol. The summed E-state index contributed by atoms with van der Waals surface area (Å²) in [5, 5.41) is 1.49. The van der Waals surface area contributed by atoms with Gasteiger partial charge in [-0.25, -0.2) is 0 Å². The molecule has 0 heterocycles. The molecule has 0 nitrogen and oxygen atoms in total. The van der Waals surface area contributed by atoms with Crippen molar-refractivity contribution in [2.45, 2.75) is 92.9 Å². The minimum absolute atomic E-state index is 0. The van der Waals surface area contributed by atoms with Crippen LogP contribution < -0.4 is 9.81 Å². The quantitative estimate of drug-likeness (QED) is 0.166. The summed E-state index contributed by atoms with van der Waals surface area (Å²) in [4.78, 5) is 0. The van der Waals surface area contributed by atoms with Gasteiger partial charge in [-0.05, 0) is 0 Å². The molecule has 2 aliphatic carbocycles. The molecule has 2 aliphatic rings. The molecule has 0 aromatic heterocycles. The Morgan fingerprint density at radius 1 is 0.660 bits per heavy atom. The number of fused-ring (bicyclic) bond motifs is 3. The van der Waals surface area contributed by atoms with Crippen LogP contribution in [-0.4, -0.2) is 4.21 Å². The Kier molecular flexibility index (Phi) is 11.4. The van der Waals surface area contributed by atoms with E-state index in [2.05, 4.69) is 160 Å². The second-order valence-corrected chi connectivity index (χ2v) is 31.2. The van der Waals surface area contributed by atoms with Crippen LogP contribution in [-0.2, 0) is 35.5 Å². The summed E-state index contributed by atoms with van der Waals surface area (Å²) in [6.45, 7) is 23.3. The third-order valence-electron chi connectivity index (χ3n) is 11.3. The fourth-order valence-corrected chi connectivity index (χ4v) is 24.9. The van der Waals surface area contributed by atoms with Crippen molar-refractivity contribution in [2.24, 2.45) is 11.3 Å². The van der Waals surface area contributed by atoms with Crippen molar-refractivity contribution >= 4 is 62.0 Å². The normalized spacial score (nSPS) is 16.1. The number of hydrogen-bond donors (Lipinski definition) is 0. The molecule has 0 N–H and O–H groups in total. The van der Waals surface area contributed by atoms with Crippen LogP contribution >= 0.6 is 48.0 Å².